The molecule has 1 aromatic heterocycles. The number of nitrogens with zero attached hydrogens (tertiary/aromatic N) is 2. The van der Waals surface area contributed by atoms with Crippen LogP contribution in [-0.2, 0) is 9.59 Å². The van der Waals surface area contributed by atoms with E-state index in [0.29, 0.717) is 32.5 Å². The average molecular weight is 327 g/mol. The molecule has 6 heteroatoms. The Labute approximate surface area is 140 Å². The van der Waals surface area contributed by atoms with E-state index in [2.05, 4.69) is 10.3 Å². The van der Waals surface area contributed by atoms with E-state index in [4.69, 9.17) is 4.74 Å². The molecule has 0 saturated carbocycles. The van der Waals surface area contributed by atoms with Gasteiger partial charge in [-0.1, -0.05) is 18.2 Å². The van der Waals surface area contributed by atoms with Gasteiger partial charge in [0.05, 0.1) is 12.5 Å². The second-order valence-corrected chi connectivity index (χ2v) is 6.00. The monoisotopic (exact) mass is 327 g/mol. The summed E-state index contributed by atoms with van der Waals surface area (Å²) in [7, 11) is 1.72. The van der Waals surface area contributed by atoms with E-state index < -0.39 is 0 Å². The largest absolute Gasteiger partial charge is 0.491 e. The number of carbonyl (C=O) groups is 2. The van der Waals surface area contributed by atoms with Gasteiger partial charge in [0.2, 0.25) is 11.8 Å². The van der Waals surface area contributed by atoms with Crippen LogP contribution in [0.4, 0.5) is 0 Å². The van der Waals surface area contributed by atoms with Crippen molar-refractivity contribution in [3.8, 4) is 5.75 Å². The van der Waals surface area contributed by atoms with Crippen LogP contribution in [0, 0.1) is 5.92 Å². The van der Waals surface area contributed by atoms with Crippen LogP contribution in [0.25, 0.3) is 10.9 Å². The molecule has 1 aliphatic rings. The molecule has 0 radical (unpaired) electrons. The number of fused-ring (bicyclic) bond motifs is 1. The molecule has 2 amide bonds. The Hall–Kier alpha value is -2.63. The van der Waals surface area contributed by atoms with Crippen LogP contribution >= 0.6 is 0 Å². The molecule has 6 nitrogen and oxygen atoms in total. The third-order valence-electron chi connectivity index (χ3n) is 4.19. The van der Waals surface area contributed by atoms with Gasteiger partial charge in [0.15, 0.2) is 0 Å². The zero-order valence-electron chi connectivity index (χ0n) is 13.7. The first-order chi connectivity index (χ1) is 11.6. The number of benzene rings is 1. The molecule has 1 atom stereocenters. The van der Waals surface area contributed by atoms with Gasteiger partial charge >= 0.3 is 0 Å². The van der Waals surface area contributed by atoms with Crippen molar-refractivity contribution in [3.63, 3.8) is 0 Å². The summed E-state index contributed by atoms with van der Waals surface area (Å²) < 4.78 is 5.78. The maximum atomic E-state index is 12.0. The molecule has 0 unspecified atom stereocenters. The lowest BCUT2D eigenvalue weighted by atomic mass is 10.1. The number of likely N-dealkylation sites (tertiary alicyclic amines) is 1. The Morgan fingerprint density at radius 1 is 1.38 bits per heavy atom. The molecule has 2 aromatic rings. The highest BCUT2D eigenvalue weighted by molar-refractivity contribution is 5.89. The van der Waals surface area contributed by atoms with E-state index >= 15 is 0 Å². The fraction of sp³-hybridized carbons (Fsp3) is 0.389. The molecule has 1 fully saturated rings. The number of nitrogens with one attached hydrogen (secondary N) is 1. The van der Waals surface area contributed by atoms with Crippen LogP contribution in [0.15, 0.2) is 36.5 Å². The highest BCUT2D eigenvalue weighted by atomic mass is 16.5. The Kier molecular flexibility index (Phi) is 4.93. The Morgan fingerprint density at radius 3 is 3.00 bits per heavy atom. The fourth-order valence-electron chi connectivity index (χ4n) is 2.84. The number of pyridine rings is 1. The van der Waals surface area contributed by atoms with Crippen molar-refractivity contribution in [1.29, 1.82) is 0 Å². The number of rotatable bonds is 6. The van der Waals surface area contributed by atoms with Crippen molar-refractivity contribution in [1.82, 2.24) is 15.2 Å². The second kappa shape index (κ2) is 7.29. The number of carbonyl (C=O) groups excluding carboxylic acids is 2. The van der Waals surface area contributed by atoms with Crippen molar-refractivity contribution >= 4 is 22.7 Å². The zero-order valence-corrected chi connectivity index (χ0v) is 13.7. The van der Waals surface area contributed by atoms with Crippen LogP contribution in [0.1, 0.15) is 12.8 Å². The number of hydrogen-bond acceptors (Lipinski definition) is 4. The Bertz CT molecular complexity index is 742. The molecular weight excluding hydrogens is 306 g/mol. The molecule has 3 rings (SSSR count). The molecule has 1 aromatic carbocycles. The first-order valence-electron chi connectivity index (χ1n) is 8.13. The zero-order chi connectivity index (χ0) is 16.9. The van der Waals surface area contributed by atoms with Crippen molar-refractivity contribution in [3.05, 3.63) is 36.5 Å². The molecular formula is C18H21N3O3. The average Bonchev–Trinajstić information content (AvgIpc) is 2.94. The summed E-state index contributed by atoms with van der Waals surface area (Å²) in [6.07, 6.45) is 2.75. The quantitative estimate of drug-likeness (QED) is 0.818. The first-order valence-corrected chi connectivity index (χ1v) is 8.13. The smallest absolute Gasteiger partial charge is 0.225 e. The van der Waals surface area contributed by atoms with Crippen molar-refractivity contribution in [2.45, 2.75) is 12.8 Å². The van der Waals surface area contributed by atoms with Crippen LogP contribution in [-0.4, -0.2) is 48.4 Å². The second-order valence-electron chi connectivity index (χ2n) is 6.00. The van der Waals surface area contributed by atoms with Crippen molar-refractivity contribution in [2.75, 3.05) is 26.7 Å². The van der Waals surface area contributed by atoms with Crippen LogP contribution < -0.4 is 10.1 Å². The molecule has 1 N–H and O–H groups in total. The van der Waals surface area contributed by atoms with E-state index in [0.717, 1.165) is 16.7 Å². The molecule has 2 heterocycles. The van der Waals surface area contributed by atoms with Gasteiger partial charge in [0.1, 0.15) is 11.3 Å². The lowest BCUT2D eigenvalue weighted by molar-refractivity contribution is -0.128. The van der Waals surface area contributed by atoms with E-state index in [1.54, 1.807) is 18.1 Å². The highest BCUT2D eigenvalue weighted by Gasteiger charge is 2.31. The minimum atomic E-state index is -0.231. The summed E-state index contributed by atoms with van der Waals surface area (Å²) >= 11 is 0. The summed E-state index contributed by atoms with van der Waals surface area (Å²) in [6, 6.07) is 9.72. The minimum Gasteiger partial charge on any atom is -0.491 e. The van der Waals surface area contributed by atoms with E-state index in [-0.39, 0.29) is 17.7 Å². The highest BCUT2D eigenvalue weighted by Crippen LogP contribution is 2.22. The standard InChI is InChI=1S/C18H21N3O3/c1-21-12-14(11-16(21)22)18(23)20-9-4-10-24-15-7-2-5-13-6-3-8-19-17(13)15/h2-3,5-8,14H,4,9-12H2,1H3,(H,20,23)/t14-/m0/s1. The number of amides is 2. The van der Waals surface area contributed by atoms with Gasteiger partial charge in [0, 0.05) is 38.1 Å². The maximum Gasteiger partial charge on any atom is 0.225 e. The number of ether oxygens (including phenoxy) is 1. The first kappa shape index (κ1) is 16.2. The number of hydrogen-bond donors (Lipinski definition) is 1. The van der Waals surface area contributed by atoms with Gasteiger partial charge in [-0.05, 0) is 18.6 Å². The molecule has 1 saturated heterocycles. The van der Waals surface area contributed by atoms with Gasteiger partial charge < -0.3 is 15.0 Å². The normalized spacial score (nSPS) is 17.3. The fourth-order valence-corrected chi connectivity index (χ4v) is 2.84. The summed E-state index contributed by atoms with van der Waals surface area (Å²) in [5.41, 5.74) is 0.844. The lowest BCUT2D eigenvalue weighted by Gasteiger charge is -2.12. The Balaban J connectivity index is 1.42. The van der Waals surface area contributed by atoms with E-state index in [1.807, 2.05) is 30.3 Å². The minimum absolute atomic E-state index is 0.0296. The van der Waals surface area contributed by atoms with Gasteiger partial charge in [-0.25, -0.2) is 0 Å². The maximum absolute atomic E-state index is 12.0. The van der Waals surface area contributed by atoms with Crippen molar-refractivity contribution < 1.29 is 14.3 Å². The predicted molar refractivity (Wildman–Crippen MR) is 90.6 cm³/mol. The summed E-state index contributed by atoms with van der Waals surface area (Å²) in [5.74, 6) is 0.495. The topological polar surface area (TPSA) is 71.5 Å². The van der Waals surface area contributed by atoms with Gasteiger partial charge in [0.25, 0.3) is 0 Å². The number of para-hydroxylation sites is 1. The van der Waals surface area contributed by atoms with Crippen LogP contribution in [0.3, 0.4) is 0 Å². The molecule has 0 spiro atoms. The van der Waals surface area contributed by atoms with Crippen LogP contribution in [0.2, 0.25) is 0 Å². The number of aromatic nitrogens is 1. The van der Waals surface area contributed by atoms with Crippen LogP contribution in [0.5, 0.6) is 5.75 Å². The summed E-state index contributed by atoms with van der Waals surface area (Å²) in [6.45, 7) is 1.54. The molecule has 126 valence electrons. The summed E-state index contributed by atoms with van der Waals surface area (Å²) in [5, 5.41) is 3.92. The summed E-state index contributed by atoms with van der Waals surface area (Å²) in [4.78, 5) is 29.4. The molecule has 0 bridgehead atoms. The molecule has 0 aliphatic carbocycles. The molecule has 1 aliphatic heterocycles. The third-order valence-corrected chi connectivity index (χ3v) is 4.19. The SMILES string of the molecule is CN1C[C@@H](C(=O)NCCCOc2cccc3cccnc23)CC1=O. The Morgan fingerprint density at radius 2 is 2.21 bits per heavy atom. The molecule has 24 heavy (non-hydrogen) atoms. The van der Waals surface area contributed by atoms with Crippen molar-refractivity contribution in [2.24, 2.45) is 5.92 Å². The lowest BCUT2D eigenvalue weighted by Crippen LogP contribution is -2.33. The van der Waals surface area contributed by atoms with Gasteiger partial charge in [-0.15, -0.1) is 0 Å². The van der Waals surface area contributed by atoms with Gasteiger partial charge in [-0.2, -0.15) is 0 Å². The van der Waals surface area contributed by atoms with E-state index in [1.165, 1.54) is 0 Å². The van der Waals surface area contributed by atoms with Gasteiger partial charge in [-0.3, -0.25) is 14.6 Å². The third kappa shape index (κ3) is 3.64. The predicted octanol–water partition coefficient (Wildman–Crippen LogP) is 1.60. The van der Waals surface area contributed by atoms with E-state index in [9.17, 15) is 9.59 Å².